The van der Waals surface area contributed by atoms with Crippen molar-refractivity contribution in [2.45, 2.75) is 39.5 Å². The first-order valence-corrected chi connectivity index (χ1v) is 6.32. The molecule has 0 amide bonds. The number of rotatable bonds is 6. The molecule has 2 unspecified atom stereocenters. The molecule has 1 aliphatic rings. The molecule has 1 aromatic heterocycles. The minimum Gasteiger partial charge on any atom is -0.445 e. The Labute approximate surface area is 97.6 Å². The maximum Gasteiger partial charge on any atom is 0.195 e. The molecule has 0 aliphatic heterocycles. The molecule has 2 atom stereocenters. The number of hydrogen-bond donors (Lipinski definition) is 1. The second-order valence-electron chi connectivity index (χ2n) is 5.32. The lowest BCUT2D eigenvalue weighted by molar-refractivity contribution is 0.441. The van der Waals surface area contributed by atoms with Gasteiger partial charge < -0.3 is 9.73 Å². The molecule has 1 aliphatic carbocycles. The molecule has 1 heterocycles. The highest BCUT2D eigenvalue weighted by Crippen LogP contribution is 2.46. The van der Waals surface area contributed by atoms with Gasteiger partial charge in [0.25, 0.3) is 0 Å². The standard InChI is InChI=1S/C13H22N2O/c1-9(2)7-14-5-4-13-15-8-12(16-13)11-6-10(11)3/h8-11,14H,4-7H2,1-3H3. The van der Waals surface area contributed by atoms with Crippen LogP contribution in [0.15, 0.2) is 10.6 Å². The van der Waals surface area contributed by atoms with Crippen LogP contribution < -0.4 is 5.32 Å². The molecule has 0 aromatic carbocycles. The first kappa shape index (κ1) is 11.6. The summed E-state index contributed by atoms with van der Waals surface area (Å²) in [6.07, 6.45) is 4.07. The van der Waals surface area contributed by atoms with Crippen LogP contribution in [-0.4, -0.2) is 18.1 Å². The Balaban J connectivity index is 1.71. The average molecular weight is 222 g/mol. The second-order valence-corrected chi connectivity index (χ2v) is 5.32. The zero-order valence-corrected chi connectivity index (χ0v) is 10.5. The lowest BCUT2D eigenvalue weighted by atomic mass is 10.2. The van der Waals surface area contributed by atoms with Crippen molar-refractivity contribution < 1.29 is 4.42 Å². The Bertz CT molecular complexity index is 332. The highest BCUT2D eigenvalue weighted by atomic mass is 16.4. The van der Waals surface area contributed by atoms with Gasteiger partial charge in [0.2, 0.25) is 0 Å². The summed E-state index contributed by atoms with van der Waals surface area (Å²) < 4.78 is 5.73. The molecule has 0 radical (unpaired) electrons. The molecule has 1 N–H and O–H groups in total. The molecule has 1 saturated carbocycles. The van der Waals surface area contributed by atoms with Gasteiger partial charge in [-0.15, -0.1) is 0 Å². The van der Waals surface area contributed by atoms with Gasteiger partial charge in [0.05, 0.1) is 6.20 Å². The predicted molar refractivity (Wildman–Crippen MR) is 64.4 cm³/mol. The van der Waals surface area contributed by atoms with Crippen molar-refractivity contribution in [3.05, 3.63) is 17.8 Å². The molecule has 16 heavy (non-hydrogen) atoms. The van der Waals surface area contributed by atoms with Gasteiger partial charge in [0.15, 0.2) is 5.89 Å². The summed E-state index contributed by atoms with van der Waals surface area (Å²) >= 11 is 0. The van der Waals surface area contributed by atoms with Crippen LogP contribution >= 0.6 is 0 Å². The summed E-state index contributed by atoms with van der Waals surface area (Å²) in [5.41, 5.74) is 0. The molecular formula is C13H22N2O. The number of aromatic nitrogens is 1. The summed E-state index contributed by atoms with van der Waals surface area (Å²) in [5.74, 6) is 4.11. The van der Waals surface area contributed by atoms with Gasteiger partial charge in [-0.25, -0.2) is 4.98 Å². The Morgan fingerprint density at radius 1 is 1.56 bits per heavy atom. The third-order valence-electron chi connectivity index (χ3n) is 3.11. The van der Waals surface area contributed by atoms with Crippen LogP contribution in [0.2, 0.25) is 0 Å². The molecule has 3 heteroatoms. The molecule has 3 nitrogen and oxygen atoms in total. The largest absolute Gasteiger partial charge is 0.445 e. The first-order valence-electron chi connectivity index (χ1n) is 6.32. The lowest BCUT2D eigenvalue weighted by Gasteiger charge is -2.05. The number of nitrogens with zero attached hydrogens (tertiary/aromatic N) is 1. The topological polar surface area (TPSA) is 38.1 Å². The molecule has 0 spiro atoms. The maximum atomic E-state index is 5.73. The lowest BCUT2D eigenvalue weighted by Crippen LogP contribution is -2.22. The van der Waals surface area contributed by atoms with E-state index >= 15 is 0 Å². The van der Waals surface area contributed by atoms with Crippen LogP contribution in [0.4, 0.5) is 0 Å². The summed E-state index contributed by atoms with van der Waals surface area (Å²) in [5, 5.41) is 3.40. The molecule has 1 aromatic rings. The smallest absolute Gasteiger partial charge is 0.195 e. The van der Waals surface area contributed by atoms with Crippen LogP contribution in [0.3, 0.4) is 0 Å². The summed E-state index contributed by atoms with van der Waals surface area (Å²) in [6, 6.07) is 0. The fraction of sp³-hybridized carbons (Fsp3) is 0.769. The predicted octanol–water partition coefficient (Wildman–Crippen LogP) is 2.59. The highest BCUT2D eigenvalue weighted by Gasteiger charge is 2.36. The van der Waals surface area contributed by atoms with E-state index in [2.05, 4.69) is 31.1 Å². The van der Waals surface area contributed by atoms with Crippen LogP contribution in [-0.2, 0) is 6.42 Å². The Morgan fingerprint density at radius 3 is 2.94 bits per heavy atom. The first-order chi connectivity index (χ1) is 7.66. The number of nitrogens with one attached hydrogen (secondary N) is 1. The third kappa shape index (κ3) is 3.08. The molecule has 1 fully saturated rings. The van der Waals surface area contributed by atoms with E-state index in [1.165, 1.54) is 6.42 Å². The fourth-order valence-electron chi connectivity index (χ4n) is 1.92. The SMILES string of the molecule is CC(C)CNCCc1ncc(C2CC2C)o1. The highest BCUT2D eigenvalue weighted by molar-refractivity contribution is 5.11. The minimum absolute atomic E-state index is 0.643. The van der Waals surface area contributed by atoms with Crippen molar-refractivity contribution in [2.24, 2.45) is 11.8 Å². The quantitative estimate of drug-likeness (QED) is 0.752. The van der Waals surface area contributed by atoms with Crippen molar-refractivity contribution in [3.63, 3.8) is 0 Å². The Hall–Kier alpha value is -0.830. The molecule has 0 bridgehead atoms. The normalized spacial score (nSPS) is 24.0. The zero-order valence-electron chi connectivity index (χ0n) is 10.5. The number of hydrogen-bond acceptors (Lipinski definition) is 3. The van der Waals surface area contributed by atoms with Crippen molar-refractivity contribution in [1.29, 1.82) is 0 Å². The minimum atomic E-state index is 0.643. The van der Waals surface area contributed by atoms with E-state index in [1.807, 2.05) is 6.20 Å². The summed E-state index contributed by atoms with van der Waals surface area (Å²) in [6.45, 7) is 8.71. The van der Waals surface area contributed by atoms with Crippen molar-refractivity contribution in [2.75, 3.05) is 13.1 Å². The van der Waals surface area contributed by atoms with Gasteiger partial charge in [0, 0.05) is 18.9 Å². The van der Waals surface area contributed by atoms with E-state index in [1.54, 1.807) is 0 Å². The van der Waals surface area contributed by atoms with Crippen molar-refractivity contribution in [1.82, 2.24) is 10.3 Å². The van der Waals surface area contributed by atoms with Crippen LogP contribution in [0, 0.1) is 11.8 Å². The Morgan fingerprint density at radius 2 is 2.31 bits per heavy atom. The van der Waals surface area contributed by atoms with Gasteiger partial charge >= 0.3 is 0 Å². The number of oxazole rings is 1. The van der Waals surface area contributed by atoms with Gasteiger partial charge in [-0.2, -0.15) is 0 Å². The summed E-state index contributed by atoms with van der Waals surface area (Å²) in [7, 11) is 0. The van der Waals surface area contributed by atoms with Crippen LogP contribution in [0.1, 0.15) is 44.8 Å². The van der Waals surface area contributed by atoms with Crippen LogP contribution in [0.25, 0.3) is 0 Å². The van der Waals surface area contributed by atoms with Gasteiger partial charge in [-0.3, -0.25) is 0 Å². The van der Waals surface area contributed by atoms with Gasteiger partial charge in [0.1, 0.15) is 5.76 Å². The summed E-state index contributed by atoms with van der Waals surface area (Å²) in [4.78, 5) is 4.32. The van der Waals surface area contributed by atoms with E-state index in [-0.39, 0.29) is 0 Å². The third-order valence-corrected chi connectivity index (χ3v) is 3.11. The monoisotopic (exact) mass is 222 g/mol. The fourth-order valence-corrected chi connectivity index (χ4v) is 1.92. The average Bonchev–Trinajstić information content (AvgIpc) is 2.79. The van der Waals surface area contributed by atoms with E-state index in [4.69, 9.17) is 4.42 Å². The van der Waals surface area contributed by atoms with Gasteiger partial charge in [-0.05, 0) is 24.8 Å². The molecule has 0 saturated heterocycles. The maximum absolute atomic E-state index is 5.73. The van der Waals surface area contributed by atoms with E-state index in [0.29, 0.717) is 11.8 Å². The van der Waals surface area contributed by atoms with Crippen LogP contribution in [0.5, 0.6) is 0 Å². The second kappa shape index (κ2) is 5.00. The molecule has 90 valence electrons. The Kier molecular flexibility index (Phi) is 3.64. The van der Waals surface area contributed by atoms with E-state index in [0.717, 1.165) is 37.1 Å². The molecule has 2 rings (SSSR count). The van der Waals surface area contributed by atoms with E-state index in [9.17, 15) is 0 Å². The van der Waals surface area contributed by atoms with Crippen molar-refractivity contribution in [3.8, 4) is 0 Å². The van der Waals surface area contributed by atoms with Crippen molar-refractivity contribution >= 4 is 0 Å². The van der Waals surface area contributed by atoms with E-state index < -0.39 is 0 Å². The molecular weight excluding hydrogens is 200 g/mol. The van der Waals surface area contributed by atoms with Gasteiger partial charge in [-0.1, -0.05) is 20.8 Å². The zero-order chi connectivity index (χ0) is 11.5.